The number of methoxy groups -OCH3 is 3. The molecule has 0 amide bonds. The highest BCUT2D eigenvalue weighted by Gasteiger charge is 2.42. The minimum absolute atomic E-state index is 0.00680. The third kappa shape index (κ3) is 10.2. The van der Waals surface area contributed by atoms with Crippen LogP contribution in [0.3, 0.4) is 0 Å². The maximum atomic E-state index is 14.1. The molecule has 2 saturated carbocycles. The molecule has 1 aliphatic heterocycles. The van der Waals surface area contributed by atoms with Gasteiger partial charge in [0.25, 0.3) is 0 Å². The number of Topliss-reactive ketones (excluding diaryl/α,β-unsaturated/α-hetero) is 1. The molecule has 8 N–H and O–H groups in total. The molecule has 0 aromatic heterocycles. The number of hydrogen-bond donors (Lipinski definition) is 6. The Morgan fingerprint density at radius 3 is 2.32 bits per heavy atom. The molecule has 0 radical (unpaired) electrons. The molecule has 0 bridgehead atoms. The summed E-state index contributed by atoms with van der Waals surface area (Å²) in [6, 6.07) is 0. The van der Waals surface area contributed by atoms with Crippen molar-refractivity contribution < 1.29 is 44.7 Å². The summed E-state index contributed by atoms with van der Waals surface area (Å²) < 4.78 is 16.3. The number of ketones is 1. The summed E-state index contributed by atoms with van der Waals surface area (Å²) >= 11 is 0. The van der Waals surface area contributed by atoms with Crippen LogP contribution < -0.4 is 11.1 Å². The smallest absolute Gasteiger partial charge is 0.138 e. The quantitative estimate of drug-likeness (QED) is 0.143. The van der Waals surface area contributed by atoms with Crippen LogP contribution in [0.25, 0.3) is 0 Å². The SMILES string of the molecule is COCCC[C@@H](C1CC[NH2+]C(N)C1)[C@H](C(=O)CCC1CC(O)C(O)C(OC)C1)[C@H](O)CCC1CCC(O)C(OC)C1. The maximum Gasteiger partial charge on any atom is 0.138 e. The number of carbonyl (C=O) groups is 1. The lowest BCUT2D eigenvalue weighted by Gasteiger charge is -2.39. The van der Waals surface area contributed by atoms with Crippen LogP contribution in [0, 0.1) is 29.6 Å². The van der Waals surface area contributed by atoms with Gasteiger partial charge in [-0.3, -0.25) is 10.5 Å². The third-order valence-corrected chi connectivity index (χ3v) is 10.4. The molecular formula is C31H59N2O8+. The zero-order chi connectivity index (χ0) is 29.9. The van der Waals surface area contributed by atoms with E-state index in [2.05, 4.69) is 5.32 Å². The predicted molar refractivity (Wildman–Crippen MR) is 155 cm³/mol. The molecular weight excluding hydrogens is 528 g/mol. The Balaban J connectivity index is 1.74. The van der Waals surface area contributed by atoms with Crippen molar-refractivity contribution in [3.05, 3.63) is 0 Å². The summed E-state index contributed by atoms with van der Waals surface area (Å²) in [5.74, 6) is 0.322. The van der Waals surface area contributed by atoms with Crippen molar-refractivity contribution >= 4 is 5.78 Å². The Kier molecular flexibility index (Phi) is 14.9. The monoisotopic (exact) mass is 587 g/mol. The molecule has 0 aromatic rings. The maximum absolute atomic E-state index is 14.1. The molecule has 1 saturated heterocycles. The van der Waals surface area contributed by atoms with Gasteiger partial charge in [-0.2, -0.15) is 0 Å². The van der Waals surface area contributed by atoms with Gasteiger partial charge in [0.2, 0.25) is 0 Å². The lowest BCUT2D eigenvalue weighted by atomic mass is 9.68. The van der Waals surface area contributed by atoms with Gasteiger partial charge in [-0.25, -0.2) is 0 Å². The van der Waals surface area contributed by atoms with Crippen LogP contribution in [-0.2, 0) is 19.0 Å². The molecule has 240 valence electrons. The van der Waals surface area contributed by atoms with Crippen molar-refractivity contribution in [3.8, 4) is 0 Å². The number of quaternary nitrogens is 1. The van der Waals surface area contributed by atoms with Gasteiger partial charge in [-0.15, -0.1) is 0 Å². The van der Waals surface area contributed by atoms with Gasteiger partial charge in [-0.1, -0.05) is 0 Å². The fourth-order valence-corrected chi connectivity index (χ4v) is 7.96. The molecule has 3 rings (SSSR count). The minimum Gasteiger partial charge on any atom is -0.392 e. The summed E-state index contributed by atoms with van der Waals surface area (Å²) in [5, 5.41) is 44.7. The van der Waals surface area contributed by atoms with Crippen molar-refractivity contribution in [3.63, 3.8) is 0 Å². The first-order valence-electron chi connectivity index (χ1n) is 16.1. The lowest BCUT2D eigenvalue weighted by molar-refractivity contribution is -0.699. The predicted octanol–water partition coefficient (Wildman–Crippen LogP) is 0.717. The van der Waals surface area contributed by atoms with E-state index in [0.717, 1.165) is 51.5 Å². The average molecular weight is 588 g/mol. The van der Waals surface area contributed by atoms with Gasteiger partial charge < -0.3 is 40.0 Å². The number of nitrogens with two attached hydrogens (primary N) is 2. The van der Waals surface area contributed by atoms with Crippen molar-refractivity contribution in [2.45, 2.75) is 126 Å². The number of ether oxygens (including phenoxy) is 3. The van der Waals surface area contributed by atoms with Gasteiger partial charge in [0, 0.05) is 46.7 Å². The first-order valence-corrected chi connectivity index (χ1v) is 16.1. The van der Waals surface area contributed by atoms with Gasteiger partial charge in [0.05, 0.1) is 37.1 Å². The number of rotatable bonds is 16. The van der Waals surface area contributed by atoms with Gasteiger partial charge in [-0.05, 0) is 94.3 Å². The van der Waals surface area contributed by atoms with Crippen LogP contribution in [0.1, 0.15) is 83.5 Å². The molecule has 1 heterocycles. The van der Waals surface area contributed by atoms with Crippen LogP contribution in [0.5, 0.6) is 0 Å². The second-order valence-electron chi connectivity index (χ2n) is 13.1. The number of carbonyl (C=O) groups excluding carboxylic acids is 1. The molecule has 41 heavy (non-hydrogen) atoms. The zero-order valence-corrected chi connectivity index (χ0v) is 25.6. The first kappa shape index (κ1) is 34.8. The van der Waals surface area contributed by atoms with E-state index < -0.39 is 36.4 Å². The van der Waals surface area contributed by atoms with E-state index in [1.807, 2.05) is 0 Å². The highest BCUT2D eigenvalue weighted by atomic mass is 16.5. The summed E-state index contributed by atoms with van der Waals surface area (Å²) in [6.45, 7) is 1.54. The molecule has 10 heteroatoms. The van der Waals surface area contributed by atoms with Crippen LogP contribution >= 0.6 is 0 Å². The fraction of sp³-hybridized carbons (Fsp3) is 0.968. The van der Waals surface area contributed by atoms with Gasteiger partial charge in [0.15, 0.2) is 0 Å². The second-order valence-corrected chi connectivity index (χ2v) is 13.1. The Morgan fingerprint density at radius 1 is 0.902 bits per heavy atom. The van der Waals surface area contributed by atoms with E-state index in [1.165, 1.54) is 0 Å². The Hall–Kier alpha value is -0.690. The molecule has 3 fully saturated rings. The number of hydrogen-bond acceptors (Lipinski definition) is 9. The fourth-order valence-electron chi connectivity index (χ4n) is 7.96. The van der Waals surface area contributed by atoms with Crippen LogP contribution in [-0.4, -0.2) is 103 Å². The van der Waals surface area contributed by atoms with Crippen molar-refractivity contribution in [1.29, 1.82) is 0 Å². The van der Waals surface area contributed by atoms with E-state index in [1.54, 1.807) is 21.3 Å². The number of aliphatic hydroxyl groups excluding tert-OH is 4. The van der Waals surface area contributed by atoms with E-state index in [9.17, 15) is 25.2 Å². The Labute approximate surface area is 246 Å². The van der Waals surface area contributed by atoms with Crippen LogP contribution in [0.15, 0.2) is 0 Å². The van der Waals surface area contributed by atoms with E-state index in [0.29, 0.717) is 51.0 Å². The van der Waals surface area contributed by atoms with E-state index in [-0.39, 0.29) is 35.8 Å². The summed E-state index contributed by atoms with van der Waals surface area (Å²) in [4.78, 5) is 14.1. The third-order valence-electron chi connectivity index (χ3n) is 10.4. The second kappa shape index (κ2) is 17.6. The van der Waals surface area contributed by atoms with Crippen LogP contribution in [0.2, 0.25) is 0 Å². The van der Waals surface area contributed by atoms with Crippen molar-refractivity contribution in [2.75, 3.05) is 34.5 Å². The Bertz CT molecular complexity index is 760. The van der Waals surface area contributed by atoms with Crippen molar-refractivity contribution in [2.24, 2.45) is 35.3 Å². The number of aliphatic hydroxyl groups is 4. The molecule has 10 nitrogen and oxygen atoms in total. The molecule has 9 unspecified atom stereocenters. The van der Waals surface area contributed by atoms with Crippen molar-refractivity contribution in [1.82, 2.24) is 0 Å². The highest BCUT2D eigenvalue weighted by molar-refractivity contribution is 5.82. The summed E-state index contributed by atoms with van der Waals surface area (Å²) in [6.07, 6.45) is 5.54. The van der Waals surface area contributed by atoms with E-state index in [4.69, 9.17) is 19.9 Å². The van der Waals surface area contributed by atoms with Gasteiger partial charge in [0.1, 0.15) is 18.1 Å². The molecule has 2 aliphatic carbocycles. The van der Waals surface area contributed by atoms with E-state index >= 15 is 0 Å². The zero-order valence-electron chi connectivity index (χ0n) is 25.6. The molecule has 12 atom stereocenters. The normalized spacial score (nSPS) is 36.9. The number of piperidine rings is 1. The Morgan fingerprint density at radius 2 is 1.63 bits per heavy atom. The molecule has 0 spiro atoms. The highest BCUT2D eigenvalue weighted by Crippen LogP contribution is 2.39. The summed E-state index contributed by atoms with van der Waals surface area (Å²) in [5.41, 5.74) is 6.35. The van der Waals surface area contributed by atoms with Crippen LogP contribution in [0.4, 0.5) is 0 Å². The summed E-state index contributed by atoms with van der Waals surface area (Å²) in [7, 11) is 4.87. The largest absolute Gasteiger partial charge is 0.392 e. The average Bonchev–Trinajstić information content (AvgIpc) is 2.96. The molecule has 3 aliphatic rings. The first-order chi connectivity index (χ1) is 19.7. The minimum atomic E-state index is -0.905. The topological polar surface area (TPSA) is 168 Å². The van der Waals surface area contributed by atoms with Gasteiger partial charge >= 0.3 is 0 Å². The lowest BCUT2D eigenvalue weighted by Crippen LogP contribution is -2.94. The standard InChI is InChI=1S/C31H58N2O8/c1-39-14-4-5-22(21-12-13-33-29(32)18-21)30(24(35)10-7-19-6-9-23(34)27(16-19)40-2)25(36)11-8-20-15-26(37)31(38)28(17-20)41-3/h19-24,26-31,33-35,37-38H,4-18,32H2,1-3H3/p+1/t19?,20?,21?,22-,23?,24+,26?,27?,28?,29?,30-,31?/m0/s1. The molecule has 0 aromatic carbocycles.